The summed E-state index contributed by atoms with van der Waals surface area (Å²) in [5.74, 6) is 0.633. The highest BCUT2D eigenvalue weighted by Crippen LogP contribution is 2.37. The molecule has 0 bridgehead atoms. The molecule has 35 heavy (non-hydrogen) atoms. The molecule has 1 aliphatic carbocycles. The van der Waals surface area contributed by atoms with Crippen molar-refractivity contribution in [1.82, 2.24) is 35.0 Å². The Balaban J connectivity index is 1.54. The van der Waals surface area contributed by atoms with E-state index in [1.54, 1.807) is 31.8 Å². The molecule has 1 saturated carbocycles. The van der Waals surface area contributed by atoms with Crippen molar-refractivity contribution in [2.45, 2.75) is 12.8 Å². The molecule has 2 amide bonds. The van der Waals surface area contributed by atoms with Crippen molar-refractivity contribution in [1.29, 1.82) is 0 Å². The van der Waals surface area contributed by atoms with Crippen molar-refractivity contribution >= 4 is 40.2 Å². The van der Waals surface area contributed by atoms with Crippen LogP contribution >= 0.6 is 0 Å². The predicted molar refractivity (Wildman–Crippen MR) is 128 cm³/mol. The molecule has 12 nitrogen and oxygen atoms in total. The highest BCUT2D eigenvalue weighted by molar-refractivity contribution is 6.00. The minimum Gasteiger partial charge on any atom is -0.494 e. The third kappa shape index (κ3) is 4.33. The summed E-state index contributed by atoms with van der Waals surface area (Å²) in [4.78, 5) is 38.0. The number of carbonyl (C=O) groups is 2. The lowest BCUT2D eigenvalue weighted by molar-refractivity contribution is -0.117. The summed E-state index contributed by atoms with van der Waals surface area (Å²) in [7, 11) is 4.90. The molecule has 0 aliphatic heterocycles. The Labute approximate surface area is 200 Å². The van der Waals surface area contributed by atoms with Crippen molar-refractivity contribution in [3.63, 3.8) is 0 Å². The van der Waals surface area contributed by atoms with Crippen LogP contribution in [0.3, 0.4) is 0 Å². The fourth-order valence-corrected chi connectivity index (χ4v) is 3.63. The van der Waals surface area contributed by atoms with Crippen LogP contribution in [0, 0.1) is 5.92 Å². The number of hydrogen-bond donors (Lipinski definition) is 3. The van der Waals surface area contributed by atoms with Crippen molar-refractivity contribution in [2.24, 2.45) is 13.0 Å². The van der Waals surface area contributed by atoms with Gasteiger partial charge in [0, 0.05) is 26.1 Å². The van der Waals surface area contributed by atoms with E-state index in [2.05, 4.69) is 41.1 Å². The molecule has 178 valence electrons. The summed E-state index contributed by atoms with van der Waals surface area (Å²) < 4.78 is 7.53. The van der Waals surface area contributed by atoms with Gasteiger partial charge in [0.25, 0.3) is 5.91 Å². The van der Waals surface area contributed by atoms with E-state index in [-0.39, 0.29) is 23.3 Å². The molecular formula is C23H23N9O3. The van der Waals surface area contributed by atoms with Gasteiger partial charge in [0.2, 0.25) is 5.91 Å². The van der Waals surface area contributed by atoms with Crippen LogP contribution in [-0.4, -0.2) is 55.7 Å². The molecule has 0 atom stereocenters. The Kier molecular flexibility index (Phi) is 5.69. The minimum atomic E-state index is -0.430. The molecule has 0 saturated heterocycles. The SMILES string of the molecule is CNC(=O)c1nnc(NC(=O)C2CC2)cc1Nc1cccc(-c2ncc3ncn(C)c3n2)c1OC. The largest absolute Gasteiger partial charge is 0.494 e. The molecule has 0 unspecified atom stereocenters. The second-order valence-electron chi connectivity index (χ2n) is 8.10. The molecule has 5 rings (SSSR count). The Morgan fingerprint density at radius 1 is 1.14 bits per heavy atom. The number of hydrogen-bond acceptors (Lipinski definition) is 9. The van der Waals surface area contributed by atoms with Crippen LogP contribution in [0.5, 0.6) is 5.75 Å². The topological polar surface area (TPSA) is 149 Å². The summed E-state index contributed by atoms with van der Waals surface area (Å²) in [6, 6.07) is 7.03. The first-order valence-corrected chi connectivity index (χ1v) is 11.0. The molecule has 1 aliphatic rings. The maximum Gasteiger partial charge on any atom is 0.273 e. The second-order valence-corrected chi connectivity index (χ2v) is 8.10. The van der Waals surface area contributed by atoms with Crippen LogP contribution in [0.2, 0.25) is 0 Å². The highest BCUT2D eigenvalue weighted by Gasteiger charge is 2.30. The average Bonchev–Trinajstić information content (AvgIpc) is 3.67. The predicted octanol–water partition coefficient (Wildman–Crippen LogP) is 2.28. The number of aryl methyl sites for hydroxylation is 1. The lowest BCUT2D eigenvalue weighted by Gasteiger charge is -2.16. The number of methoxy groups -OCH3 is 1. The van der Waals surface area contributed by atoms with E-state index in [1.807, 2.05) is 23.7 Å². The molecule has 12 heteroatoms. The third-order valence-corrected chi connectivity index (χ3v) is 5.62. The van der Waals surface area contributed by atoms with Crippen LogP contribution in [0.4, 0.5) is 17.2 Å². The first-order chi connectivity index (χ1) is 17.0. The lowest BCUT2D eigenvalue weighted by atomic mass is 10.1. The Hall–Kier alpha value is -4.61. The molecule has 4 aromatic rings. The van der Waals surface area contributed by atoms with Gasteiger partial charge in [-0.25, -0.2) is 15.0 Å². The monoisotopic (exact) mass is 473 g/mol. The van der Waals surface area contributed by atoms with Gasteiger partial charge in [-0.05, 0) is 25.0 Å². The quantitative estimate of drug-likeness (QED) is 0.367. The summed E-state index contributed by atoms with van der Waals surface area (Å²) in [6.07, 6.45) is 5.05. The smallest absolute Gasteiger partial charge is 0.273 e. The van der Waals surface area contributed by atoms with Crippen LogP contribution in [0.25, 0.3) is 22.6 Å². The third-order valence-electron chi connectivity index (χ3n) is 5.62. The number of nitrogens with zero attached hydrogens (tertiary/aromatic N) is 6. The summed E-state index contributed by atoms with van der Waals surface area (Å²) in [5.41, 5.74) is 2.98. The van der Waals surface area contributed by atoms with Gasteiger partial charge in [0.05, 0.1) is 36.6 Å². The normalized spacial score (nSPS) is 12.9. The Bertz CT molecular complexity index is 1450. The number of para-hydroxylation sites is 1. The lowest BCUT2D eigenvalue weighted by Crippen LogP contribution is -2.22. The Morgan fingerprint density at radius 2 is 1.97 bits per heavy atom. The number of benzene rings is 1. The van der Waals surface area contributed by atoms with Crippen molar-refractivity contribution in [3.8, 4) is 17.1 Å². The fraction of sp³-hybridized carbons (Fsp3) is 0.261. The van der Waals surface area contributed by atoms with Gasteiger partial charge in [-0.3, -0.25) is 9.59 Å². The minimum absolute atomic E-state index is 0.000340. The number of fused-ring (bicyclic) bond motifs is 1. The van der Waals surface area contributed by atoms with Gasteiger partial charge in [-0.15, -0.1) is 10.2 Å². The molecule has 3 heterocycles. The standard InChI is InChI=1S/C23H23N9O3/c1-24-23(34)18-15(9-17(30-31-18)28-22(33)12-7-8-12)27-14-6-4-5-13(19(14)35-3)20-25-10-16-21(29-20)32(2)11-26-16/h4-6,9-12H,7-8H2,1-3H3,(H,24,34)(H2,27,28,30,33). The molecular weight excluding hydrogens is 450 g/mol. The van der Waals surface area contributed by atoms with Crippen molar-refractivity contribution in [3.05, 3.63) is 42.5 Å². The van der Waals surface area contributed by atoms with E-state index in [9.17, 15) is 9.59 Å². The maximum atomic E-state index is 12.4. The van der Waals surface area contributed by atoms with Crippen LogP contribution in [0.15, 0.2) is 36.8 Å². The Morgan fingerprint density at radius 3 is 2.71 bits per heavy atom. The van der Waals surface area contributed by atoms with Crippen LogP contribution in [-0.2, 0) is 11.8 Å². The van der Waals surface area contributed by atoms with Gasteiger partial charge in [-0.2, -0.15) is 0 Å². The molecule has 0 radical (unpaired) electrons. The van der Waals surface area contributed by atoms with E-state index in [0.29, 0.717) is 39.7 Å². The van der Waals surface area contributed by atoms with Gasteiger partial charge >= 0.3 is 0 Å². The molecule has 3 N–H and O–H groups in total. The molecule has 0 spiro atoms. The number of amides is 2. The number of nitrogens with one attached hydrogen (secondary N) is 3. The van der Waals surface area contributed by atoms with Crippen LogP contribution in [0.1, 0.15) is 23.3 Å². The number of carbonyl (C=O) groups excluding carboxylic acids is 2. The van der Waals surface area contributed by atoms with Crippen molar-refractivity contribution in [2.75, 3.05) is 24.8 Å². The number of ether oxygens (including phenoxy) is 1. The first kappa shape index (κ1) is 22.2. The van der Waals surface area contributed by atoms with E-state index in [1.165, 1.54) is 7.05 Å². The molecule has 1 fully saturated rings. The number of aromatic nitrogens is 6. The zero-order chi connectivity index (χ0) is 24.5. The van der Waals surface area contributed by atoms with Gasteiger partial charge < -0.3 is 25.3 Å². The first-order valence-electron chi connectivity index (χ1n) is 11.0. The van der Waals surface area contributed by atoms with Gasteiger partial charge in [0.15, 0.2) is 28.7 Å². The number of anilines is 3. The molecule has 1 aromatic carbocycles. The highest BCUT2D eigenvalue weighted by atomic mass is 16.5. The van der Waals surface area contributed by atoms with Crippen molar-refractivity contribution < 1.29 is 14.3 Å². The maximum absolute atomic E-state index is 12.4. The zero-order valence-corrected chi connectivity index (χ0v) is 19.4. The van der Waals surface area contributed by atoms with Gasteiger partial charge in [0.1, 0.15) is 5.52 Å². The van der Waals surface area contributed by atoms with E-state index < -0.39 is 5.91 Å². The fourth-order valence-electron chi connectivity index (χ4n) is 3.63. The van der Waals surface area contributed by atoms with E-state index in [4.69, 9.17) is 4.74 Å². The molecule has 3 aromatic heterocycles. The summed E-state index contributed by atoms with van der Waals surface area (Å²) >= 11 is 0. The van der Waals surface area contributed by atoms with E-state index in [0.717, 1.165) is 12.8 Å². The number of rotatable bonds is 7. The summed E-state index contributed by atoms with van der Waals surface area (Å²) in [5, 5.41) is 16.6. The summed E-state index contributed by atoms with van der Waals surface area (Å²) in [6.45, 7) is 0. The van der Waals surface area contributed by atoms with Crippen LogP contribution < -0.4 is 20.7 Å². The van der Waals surface area contributed by atoms with Gasteiger partial charge in [-0.1, -0.05) is 6.07 Å². The zero-order valence-electron chi connectivity index (χ0n) is 19.4. The van der Waals surface area contributed by atoms with E-state index >= 15 is 0 Å². The number of imidazole rings is 1. The average molecular weight is 473 g/mol. The second kappa shape index (κ2) is 8.97.